The van der Waals surface area contributed by atoms with Crippen molar-refractivity contribution < 1.29 is 9.18 Å². The lowest BCUT2D eigenvalue weighted by Crippen LogP contribution is -2.23. The maximum absolute atomic E-state index is 13.4. The Morgan fingerprint density at radius 3 is 2.58 bits per heavy atom. The van der Waals surface area contributed by atoms with E-state index in [1.54, 1.807) is 12.1 Å². The molecular weight excluding hydrogens is 259 g/mol. The number of halogens is 1. The van der Waals surface area contributed by atoms with Gasteiger partial charge in [0.25, 0.3) is 0 Å². The Hall–Kier alpha value is -0.830. The Balaban J connectivity index is 1.81. The summed E-state index contributed by atoms with van der Waals surface area (Å²) in [6.07, 6.45) is 5.63. The first-order valence-electron chi connectivity index (χ1n) is 7.10. The van der Waals surface area contributed by atoms with E-state index in [0.717, 1.165) is 18.8 Å². The molecule has 0 unspecified atom stereocenters. The van der Waals surface area contributed by atoms with Gasteiger partial charge in [-0.25, -0.2) is 4.39 Å². The van der Waals surface area contributed by atoms with Crippen molar-refractivity contribution in [3.05, 3.63) is 30.1 Å². The van der Waals surface area contributed by atoms with Gasteiger partial charge < -0.3 is 0 Å². The second kappa shape index (κ2) is 7.09. The van der Waals surface area contributed by atoms with E-state index in [1.807, 2.05) is 6.07 Å². The molecule has 1 fully saturated rings. The van der Waals surface area contributed by atoms with Gasteiger partial charge in [-0.05, 0) is 43.7 Å². The molecule has 1 nitrogen and oxygen atoms in total. The van der Waals surface area contributed by atoms with Gasteiger partial charge in [0.15, 0.2) is 0 Å². The Morgan fingerprint density at radius 2 is 1.95 bits per heavy atom. The van der Waals surface area contributed by atoms with Gasteiger partial charge in [0.1, 0.15) is 11.6 Å². The molecule has 0 N–H and O–H groups in total. The zero-order chi connectivity index (χ0) is 13.7. The highest BCUT2D eigenvalue weighted by molar-refractivity contribution is 8.00. The van der Waals surface area contributed by atoms with Crippen LogP contribution in [0.1, 0.15) is 39.0 Å². The first-order valence-corrected chi connectivity index (χ1v) is 8.09. The van der Waals surface area contributed by atoms with E-state index in [2.05, 4.69) is 6.92 Å². The summed E-state index contributed by atoms with van der Waals surface area (Å²) in [6.45, 7) is 2.22. The first kappa shape index (κ1) is 14.6. The normalized spacial score (nSPS) is 23.3. The summed E-state index contributed by atoms with van der Waals surface area (Å²) in [5.41, 5.74) is 0. The van der Waals surface area contributed by atoms with E-state index in [-0.39, 0.29) is 11.7 Å². The second-order valence-corrected chi connectivity index (χ2v) is 6.33. The number of carbonyl (C=O) groups excluding carboxylic acids is 1. The number of Topliss-reactive ketones (excluding diaryl/α,β-unsaturated/α-hetero) is 1. The van der Waals surface area contributed by atoms with Crippen molar-refractivity contribution >= 4 is 17.5 Å². The number of carbonyl (C=O) groups is 1. The van der Waals surface area contributed by atoms with E-state index in [9.17, 15) is 9.18 Å². The van der Waals surface area contributed by atoms with Crippen molar-refractivity contribution in [3.63, 3.8) is 0 Å². The lowest BCUT2D eigenvalue weighted by Gasteiger charge is -2.26. The Kier molecular flexibility index (Phi) is 5.44. The van der Waals surface area contributed by atoms with E-state index in [4.69, 9.17) is 0 Å². The summed E-state index contributed by atoms with van der Waals surface area (Å²) < 4.78 is 13.4. The van der Waals surface area contributed by atoms with Crippen LogP contribution >= 0.6 is 11.8 Å². The quantitative estimate of drug-likeness (QED) is 0.727. The maximum Gasteiger partial charge on any atom is 0.146 e. The average Bonchev–Trinajstić information content (AvgIpc) is 2.46. The molecule has 0 saturated heterocycles. The molecule has 0 amide bonds. The maximum atomic E-state index is 13.4. The van der Waals surface area contributed by atoms with Gasteiger partial charge in [0.2, 0.25) is 0 Å². The third-order valence-corrected chi connectivity index (χ3v) is 5.16. The van der Waals surface area contributed by atoms with Gasteiger partial charge in [-0.15, -0.1) is 11.8 Å². The molecule has 2 rings (SSSR count). The monoisotopic (exact) mass is 280 g/mol. The first-order chi connectivity index (χ1) is 9.20. The third kappa shape index (κ3) is 4.07. The molecule has 1 aliphatic carbocycles. The van der Waals surface area contributed by atoms with Crippen molar-refractivity contribution in [3.8, 4) is 0 Å². The predicted octanol–water partition coefficient (Wildman–Crippen LogP) is 4.70. The van der Waals surface area contributed by atoms with Crippen LogP contribution in [0.4, 0.5) is 4.39 Å². The molecule has 0 radical (unpaired) electrons. The minimum Gasteiger partial charge on any atom is -0.298 e. The standard InChI is InChI=1S/C16H21FOS/c1-2-12-7-9-13(10-8-12)15(18)11-19-16-6-4-3-5-14(16)17/h3-6,12-13H,2,7-11H2,1H3. The zero-order valence-corrected chi connectivity index (χ0v) is 12.2. The molecule has 0 atom stereocenters. The number of hydrogen-bond donors (Lipinski definition) is 0. The fourth-order valence-electron chi connectivity index (χ4n) is 2.72. The lowest BCUT2D eigenvalue weighted by atomic mass is 9.79. The molecule has 104 valence electrons. The molecule has 0 heterocycles. The average molecular weight is 280 g/mol. The Bertz CT molecular complexity index is 425. The van der Waals surface area contributed by atoms with Crippen LogP contribution in [-0.2, 0) is 4.79 Å². The largest absolute Gasteiger partial charge is 0.298 e. The minimum absolute atomic E-state index is 0.210. The van der Waals surface area contributed by atoms with Crippen molar-refractivity contribution in [2.45, 2.75) is 43.9 Å². The highest BCUT2D eigenvalue weighted by atomic mass is 32.2. The molecule has 1 aromatic carbocycles. The summed E-state index contributed by atoms with van der Waals surface area (Å²) in [5, 5.41) is 0. The predicted molar refractivity (Wildman–Crippen MR) is 77.9 cm³/mol. The van der Waals surface area contributed by atoms with E-state index >= 15 is 0 Å². The molecule has 1 aliphatic rings. The minimum atomic E-state index is -0.227. The molecule has 19 heavy (non-hydrogen) atoms. The summed E-state index contributed by atoms with van der Waals surface area (Å²) >= 11 is 1.33. The smallest absolute Gasteiger partial charge is 0.146 e. The third-order valence-electron chi connectivity index (χ3n) is 4.09. The Labute approximate surface area is 119 Å². The topological polar surface area (TPSA) is 17.1 Å². The number of hydrogen-bond acceptors (Lipinski definition) is 2. The zero-order valence-electron chi connectivity index (χ0n) is 11.4. The van der Waals surface area contributed by atoms with Crippen LogP contribution in [0.2, 0.25) is 0 Å². The number of benzene rings is 1. The van der Waals surface area contributed by atoms with Crippen LogP contribution in [0, 0.1) is 17.7 Å². The van der Waals surface area contributed by atoms with Crippen LogP contribution < -0.4 is 0 Å². The number of ketones is 1. The summed E-state index contributed by atoms with van der Waals surface area (Å²) in [6, 6.07) is 6.66. The van der Waals surface area contributed by atoms with Gasteiger partial charge >= 0.3 is 0 Å². The van der Waals surface area contributed by atoms with Gasteiger partial charge in [-0.2, -0.15) is 0 Å². The van der Waals surface area contributed by atoms with Crippen molar-refractivity contribution in [1.29, 1.82) is 0 Å². The highest BCUT2D eigenvalue weighted by Crippen LogP contribution is 2.32. The van der Waals surface area contributed by atoms with Crippen molar-refractivity contribution in [2.75, 3.05) is 5.75 Å². The van der Waals surface area contributed by atoms with Crippen molar-refractivity contribution in [2.24, 2.45) is 11.8 Å². The molecule has 0 bridgehead atoms. The molecule has 1 aromatic rings. The Morgan fingerprint density at radius 1 is 1.26 bits per heavy atom. The van der Waals surface area contributed by atoms with Crippen molar-refractivity contribution in [1.82, 2.24) is 0 Å². The van der Waals surface area contributed by atoms with Gasteiger partial charge in [0.05, 0.1) is 5.75 Å². The van der Waals surface area contributed by atoms with E-state index in [1.165, 1.54) is 37.1 Å². The molecule has 3 heteroatoms. The van der Waals surface area contributed by atoms with Gasteiger partial charge in [-0.1, -0.05) is 25.5 Å². The molecule has 0 aromatic heterocycles. The number of rotatable bonds is 5. The molecular formula is C16H21FOS. The van der Waals surface area contributed by atoms with E-state index < -0.39 is 0 Å². The highest BCUT2D eigenvalue weighted by Gasteiger charge is 2.25. The fraction of sp³-hybridized carbons (Fsp3) is 0.562. The van der Waals surface area contributed by atoms with E-state index in [0.29, 0.717) is 16.4 Å². The van der Waals surface area contributed by atoms with Crippen LogP contribution in [-0.4, -0.2) is 11.5 Å². The second-order valence-electron chi connectivity index (χ2n) is 5.31. The summed E-state index contributed by atoms with van der Waals surface area (Å²) in [7, 11) is 0. The van der Waals surface area contributed by atoms with Gasteiger partial charge in [-0.3, -0.25) is 4.79 Å². The lowest BCUT2D eigenvalue weighted by molar-refractivity contribution is -0.121. The number of thioether (sulfide) groups is 1. The SMILES string of the molecule is CCC1CCC(C(=O)CSc2ccccc2F)CC1. The van der Waals surface area contributed by atoms with Gasteiger partial charge in [0, 0.05) is 10.8 Å². The molecule has 0 aliphatic heterocycles. The van der Waals surface area contributed by atoms with Crippen LogP contribution in [0.3, 0.4) is 0 Å². The molecule has 0 spiro atoms. The fourth-order valence-corrected chi connectivity index (χ4v) is 3.64. The summed E-state index contributed by atoms with van der Waals surface area (Å²) in [5.74, 6) is 1.49. The summed E-state index contributed by atoms with van der Waals surface area (Å²) in [4.78, 5) is 12.7. The van der Waals surface area contributed by atoms with Crippen LogP contribution in [0.25, 0.3) is 0 Å². The molecule has 1 saturated carbocycles. The van der Waals surface area contributed by atoms with Crippen LogP contribution in [0.5, 0.6) is 0 Å². The van der Waals surface area contributed by atoms with Crippen LogP contribution in [0.15, 0.2) is 29.2 Å².